The van der Waals surface area contributed by atoms with E-state index in [1.54, 1.807) is 0 Å². The summed E-state index contributed by atoms with van der Waals surface area (Å²) in [6.07, 6.45) is 11.0. The Labute approximate surface area is 102 Å². The van der Waals surface area contributed by atoms with Crippen LogP contribution in [0.25, 0.3) is 0 Å². The smallest absolute Gasteiger partial charge is 0.311 e. The van der Waals surface area contributed by atoms with Gasteiger partial charge in [-0.15, -0.1) is 24.7 Å². The van der Waals surface area contributed by atoms with Gasteiger partial charge < -0.3 is 4.74 Å². The first-order valence-electron chi connectivity index (χ1n) is 5.35. The number of terminal acetylenes is 2. The molecule has 0 bridgehead atoms. The lowest BCUT2D eigenvalue weighted by Gasteiger charge is -2.10. The van der Waals surface area contributed by atoms with E-state index in [-0.39, 0.29) is 12.6 Å². The highest BCUT2D eigenvalue weighted by molar-refractivity contribution is 5.73. The summed E-state index contributed by atoms with van der Waals surface area (Å²) < 4.78 is 5.17. The summed E-state index contributed by atoms with van der Waals surface area (Å²) in [5.74, 6) is 4.15. The molecule has 1 rings (SSSR count). The van der Waals surface area contributed by atoms with E-state index in [0.29, 0.717) is 12.8 Å². The number of benzene rings is 1. The van der Waals surface area contributed by atoms with Gasteiger partial charge in [0.25, 0.3) is 0 Å². The fourth-order valence-corrected chi connectivity index (χ4v) is 1.37. The summed E-state index contributed by atoms with van der Waals surface area (Å²) in [5, 5.41) is 0. The predicted molar refractivity (Wildman–Crippen MR) is 66.6 cm³/mol. The highest BCUT2D eigenvalue weighted by Crippen LogP contribution is 2.11. The van der Waals surface area contributed by atoms with Crippen LogP contribution >= 0.6 is 0 Å². The minimum atomic E-state index is -0.395. The number of hydrogen-bond acceptors (Lipinski definition) is 2. The maximum absolute atomic E-state index is 11.7. The van der Waals surface area contributed by atoms with Crippen LogP contribution in [0.1, 0.15) is 18.4 Å². The van der Waals surface area contributed by atoms with E-state index in [0.717, 1.165) is 5.56 Å². The minimum absolute atomic E-state index is 0.255. The molecule has 0 aliphatic heterocycles. The van der Waals surface area contributed by atoms with Crippen molar-refractivity contribution in [2.75, 3.05) is 0 Å². The van der Waals surface area contributed by atoms with Gasteiger partial charge in [-0.3, -0.25) is 4.79 Å². The molecule has 0 unspecified atom stereocenters. The van der Waals surface area contributed by atoms with Gasteiger partial charge in [-0.2, -0.15) is 0 Å². The number of ether oxygens (including phenoxy) is 1. The van der Waals surface area contributed by atoms with Gasteiger partial charge in [-0.1, -0.05) is 30.3 Å². The lowest BCUT2D eigenvalue weighted by Crippen LogP contribution is -2.17. The molecule has 0 heterocycles. The molecule has 0 spiro atoms. The zero-order valence-corrected chi connectivity index (χ0v) is 9.56. The Hall–Kier alpha value is -2.19. The third-order valence-electron chi connectivity index (χ3n) is 2.29. The Morgan fingerprint density at radius 3 is 2.29 bits per heavy atom. The van der Waals surface area contributed by atoms with Crippen LogP contribution in [0.3, 0.4) is 0 Å². The fourth-order valence-electron chi connectivity index (χ4n) is 1.37. The average molecular weight is 226 g/mol. The van der Waals surface area contributed by atoms with Crippen molar-refractivity contribution in [3.05, 3.63) is 35.9 Å². The van der Waals surface area contributed by atoms with E-state index >= 15 is 0 Å². The number of esters is 1. The zero-order chi connectivity index (χ0) is 12.5. The van der Waals surface area contributed by atoms with Gasteiger partial charge in [0.05, 0.1) is 5.92 Å². The van der Waals surface area contributed by atoms with Gasteiger partial charge in [0.2, 0.25) is 0 Å². The number of carbonyl (C=O) groups is 1. The minimum Gasteiger partial charge on any atom is -0.461 e. The Balaban J connectivity index is 2.48. The van der Waals surface area contributed by atoms with Crippen molar-refractivity contribution >= 4 is 5.97 Å². The molecular formula is C15H14O2. The SMILES string of the molecule is C#CCC(CC#C)C(=O)OCc1ccccc1. The van der Waals surface area contributed by atoms with E-state index in [1.807, 2.05) is 30.3 Å². The largest absolute Gasteiger partial charge is 0.461 e. The summed E-state index contributed by atoms with van der Waals surface area (Å²) in [5.41, 5.74) is 0.945. The molecule has 0 radical (unpaired) electrons. The zero-order valence-electron chi connectivity index (χ0n) is 9.56. The molecule has 86 valence electrons. The van der Waals surface area contributed by atoms with Crippen LogP contribution in [-0.2, 0) is 16.1 Å². The maximum atomic E-state index is 11.7. The number of rotatable bonds is 5. The Morgan fingerprint density at radius 2 is 1.76 bits per heavy atom. The molecule has 0 aliphatic carbocycles. The molecule has 0 atom stereocenters. The molecule has 0 saturated heterocycles. The lowest BCUT2D eigenvalue weighted by atomic mass is 10.0. The van der Waals surface area contributed by atoms with Crippen LogP contribution in [0.15, 0.2) is 30.3 Å². The van der Waals surface area contributed by atoms with Crippen molar-refractivity contribution < 1.29 is 9.53 Å². The van der Waals surface area contributed by atoms with Crippen LogP contribution in [0.5, 0.6) is 0 Å². The summed E-state index contributed by atoms with van der Waals surface area (Å²) in [7, 11) is 0. The molecular weight excluding hydrogens is 212 g/mol. The van der Waals surface area contributed by atoms with E-state index in [4.69, 9.17) is 17.6 Å². The molecule has 2 nitrogen and oxygen atoms in total. The van der Waals surface area contributed by atoms with Crippen molar-refractivity contribution in [1.29, 1.82) is 0 Å². The molecule has 0 fully saturated rings. The molecule has 0 aromatic heterocycles. The summed E-state index contributed by atoms with van der Waals surface area (Å²) in [6.45, 7) is 0.255. The van der Waals surface area contributed by atoms with Crippen LogP contribution in [0.2, 0.25) is 0 Å². The van der Waals surface area contributed by atoms with Crippen LogP contribution in [0, 0.1) is 30.6 Å². The monoisotopic (exact) mass is 226 g/mol. The van der Waals surface area contributed by atoms with Gasteiger partial charge in [0.15, 0.2) is 0 Å². The van der Waals surface area contributed by atoms with Gasteiger partial charge in [-0.25, -0.2) is 0 Å². The molecule has 17 heavy (non-hydrogen) atoms. The summed E-state index contributed by atoms with van der Waals surface area (Å²) in [4.78, 5) is 11.7. The van der Waals surface area contributed by atoms with Gasteiger partial charge >= 0.3 is 5.97 Å². The highest BCUT2D eigenvalue weighted by atomic mass is 16.5. The molecule has 2 heteroatoms. The Bertz CT molecular complexity index is 418. The highest BCUT2D eigenvalue weighted by Gasteiger charge is 2.17. The third-order valence-corrected chi connectivity index (χ3v) is 2.29. The van der Waals surface area contributed by atoms with Crippen LogP contribution in [-0.4, -0.2) is 5.97 Å². The first-order valence-corrected chi connectivity index (χ1v) is 5.35. The molecule has 0 N–H and O–H groups in total. The van der Waals surface area contributed by atoms with Gasteiger partial charge in [0.1, 0.15) is 6.61 Å². The topological polar surface area (TPSA) is 26.3 Å². The van der Waals surface area contributed by atoms with Crippen molar-refractivity contribution in [3.63, 3.8) is 0 Å². The molecule has 1 aromatic rings. The second kappa shape index (κ2) is 7.14. The van der Waals surface area contributed by atoms with Gasteiger partial charge in [0, 0.05) is 12.8 Å². The normalized spacial score (nSPS) is 9.35. The first kappa shape index (κ1) is 12.9. The van der Waals surface area contributed by atoms with E-state index in [2.05, 4.69) is 11.8 Å². The predicted octanol–water partition coefficient (Wildman–Crippen LogP) is 2.39. The number of hydrogen-bond donors (Lipinski definition) is 0. The van der Waals surface area contributed by atoms with Crippen molar-refractivity contribution in [2.24, 2.45) is 5.92 Å². The number of carbonyl (C=O) groups excluding carboxylic acids is 1. The molecule has 0 amide bonds. The van der Waals surface area contributed by atoms with Crippen LogP contribution < -0.4 is 0 Å². The molecule has 0 aliphatic rings. The van der Waals surface area contributed by atoms with Crippen molar-refractivity contribution in [3.8, 4) is 24.7 Å². The first-order chi connectivity index (χ1) is 8.27. The summed E-state index contributed by atoms with van der Waals surface area (Å²) >= 11 is 0. The molecule has 0 saturated carbocycles. The van der Waals surface area contributed by atoms with E-state index in [1.165, 1.54) is 0 Å². The van der Waals surface area contributed by atoms with Crippen LogP contribution in [0.4, 0.5) is 0 Å². The molecule has 1 aromatic carbocycles. The Kier molecular flexibility index (Phi) is 5.41. The summed E-state index contributed by atoms with van der Waals surface area (Å²) in [6, 6.07) is 9.48. The maximum Gasteiger partial charge on any atom is 0.311 e. The Morgan fingerprint density at radius 1 is 1.18 bits per heavy atom. The fraction of sp³-hybridized carbons (Fsp3) is 0.267. The quantitative estimate of drug-likeness (QED) is 0.569. The standard InChI is InChI=1S/C15H14O2/c1-3-8-14(9-4-2)15(16)17-12-13-10-6-5-7-11-13/h1-2,5-7,10-11,14H,8-9,12H2. The van der Waals surface area contributed by atoms with E-state index in [9.17, 15) is 4.79 Å². The lowest BCUT2D eigenvalue weighted by molar-refractivity contribution is -0.149. The second-order valence-corrected chi connectivity index (χ2v) is 3.61. The average Bonchev–Trinajstić information content (AvgIpc) is 2.37. The second-order valence-electron chi connectivity index (χ2n) is 3.61. The van der Waals surface area contributed by atoms with Gasteiger partial charge in [-0.05, 0) is 5.56 Å². The third kappa shape index (κ3) is 4.45. The van der Waals surface area contributed by atoms with E-state index < -0.39 is 5.92 Å². The van der Waals surface area contributed by atoms with Crippen molar-refractivity contribution in [2.45, 2.75) is 19.4 Å². The van der Waals surface area contributed by atoms with Crippen molar-refractivity contribution in [1.82, 2.24) is 0 Å².